The smallest absolute Gasteiger partial charge is 0.357 e. The number of carbonyl (C=O) groups excluding carboxylic acids is 3. The molecule has 0 spiro atoms. The van der Waals surface area contributed by atoms with Crippen molar-refractivity contribution in [3.05, 3.63) is 59.6 Å². The SMILES string of the molecule is CN(CC(=O)NC1CC1)C(=O)COC(=O)c1cc(-c2cccs2)nn1-c1ccccc1. The van der Waals surface area contributed by atoms with Gasteiger partial charge in [0.05, 0.1) is 17.1 Å². The highest BCUT2D eigenvalue weighted by atomic mass is 32.1. The molecule has 3 aromatic rings. The summed E-state index contributed by atoms with van der Waals surface area (Å²) in [5, 5.41) is 9.31. The maximum absolute atomic E-state index is 12.8. The first-order valence-corrected chi connectivity index (χ1v) is 10.8. The number of thiophene rings is 1. The Morgan fingerprint density at radius 2 is 1.97 bits per heavy atom. The van der Waals surface area contributed by atoms with Gasteiger partial charge in [0.2, 0.25) is 5.91 Å². The fraction of sp³-hybridized carbons (Fsp3) is 0.273. The van der Waals surface area contributed by atoms with Gasteiger partial charge >= 0.3 is 5.97 Å². The van der Waals surface area contributed by atoms with E-state index < -0.39 is 18.5 Å². The van der Waals surface area contributed by atoms with Crippen molar-refractivity contribution >= 4 is 29.1 Å². The Morgan fingerprint density at radius 1 is 1.19 bits per heavy atom. The first-order chi connectivity index (χ1) is 15.0. The predicted octanol–water partition coefficient (Wildman–Crippen LogP) is 2.49. The maximum Gasteiger partial charge on any atom is 0.357 e. The third-order valence-corrected chi connectivity index (χ3v) is 5.66. The minimum absolute atomic E-state index is 0.0721. The lowest BCUT2D eigenvalue weighted by Gasteiger charge is -2.16. The summed E-state index contributed by atoms with van der Waals surface area (Å²) < 4.78 is 6.77. The summed E-state index contributed by atoms with van der Waals surface area (Å²) in [6.45, 7) is -0.530. The van der Waals surface area contributed by atoms with Crippen LogP contribution in [0.1, 0.15) is 23.3 Å². The molecular formula is C22H22N4O4S. The molecule has 160 valence electrons. The molecule has 2 heterocycles. The van der Waals surface area contributed by atoms with E-state index in [1.165, 1.54) is 28.0 Å². The number of rotatable bonds is 8. The molecule has 0 atom stereocenters. The number of nitrogens with zero attached hydrogens (tertiary/aromatic N) is 3. The Labute approximate surface area is 183 Å². The molecular weight excluding hydrogens is 416 g/mol. The molecule has 1 aliphatic rings. The lowest BCUT2D eigenvalue weighted by Crippen LogP contribution is -2.40. The van der Waals surface area contributed by atoms with E-state index in [4.69, 9.17) is 4.74 Å². The number of amides is 2. The normalized spacial score (nSPS) is 12.9. The fourth-order valence-electron chi connectivity index (χ4n) is 2.95. The number of hydrogen-bond donors (Lipinski definition) is 1. The van der Waals surface area contributed by atoms with Crippen LogP contribution in [0.15, 0.2) is 53.9 Å². The summed E-state index contributed by atoms with van der Waals surface area (Å²) in [5.74, 6) is -1.33. The van der Waals surface area contributed by atoms with E-state index in [1.807, 2.05) is 47.8 Å². The summed E-state index contributed by atoms with van der Waals surface area (Å²) in [7, 11) is 1.51. The third kappa shape index (κ3) is 5.18. The first kappa shape index (κ1) is 20.8. The first-order valence-electron chi connectivity index (χ1n) is 9.91. The molecule has 2 aromatic heterocycles. The number of hydrogen-bond acceptors (Lipinski definition) is 6. The van der Waals surface area contributed by atoms with Crippen LogP contribution in [0.25, 0.3) is 16.3 Å². The van der Waals surface area contributed by atoms with E-state index in [9.17, 15) is 14.4 Å². The average molecular weight is 439 g/mol. The third-order valence-electron chi connectivity index (χ3n) is 4.77. The zero-order valence-electron chi connectivity index (χ0n) is 17.0. The number of nitrogens with one attached hydrogen (secondary N) is 1. The molecule has 0 bridgehead atoms. The van der Waals surface area contributed by atoms with E-state index in [0.717, 1.165) is 17.7 Å². The summed E-state index contributed by atoms with van der Waals surface area (Å²) in [6.07, 6.45) is 1.95. The Kier molecular flexibility index (Phi) is 6.13. The van der Waals surface area contributed by atoms with Gasteiger partial charge in [-0.15, -0.1) is 11.3 Å². The van der Waals surface area contributed by atoms with Gasteiger partial charge < -0.3 is 15.0 Å². The number of para-hydroxylation sites is 1. The van der Waals surface area contributed by atoms with Crippen molar-refractivity contribution in [1.82, 2.24) is 20.0 Å². The number of likely N-dealkylation sites (N-methyl/N-ethyl adjacent to an activating group) is 1. The molecule has 8 nitrogen and oxygen atoms in total. The molecule has 31 heavy (non-hydrogen) atoms. The number of carbonyl (C=O) groups is 3. The van der Waals surface area contributed by atoms with E-state index in [1.54, 1.807) is 6.07 Å². The van der Waals surface area contributed by atoms with Crippen LogP contribution in [0.2, 0.25) is 0 Å². The van der Waals surface area contributed by atoms with E-state index in [0.29, 0.717) is 11.4 Å². The summed E-state index contributed by atoms with van der Waals surface area (Å²) in [4.78, 5) is 39.1. The Hall–Kier alpha value is -3.46. The largest absolute Gasteiger partial charge is 0.451 e. The number of aromatic nitrogens is 2. The average Bonchev–Trinajstić information content (AvgIpc) is 3.24. The second kappa shape index (κ2) is 9.13. The lowest BCUT2D eigenvalue weighted by atomic mass is 10.3. The van der Waals surface area contributed by atoms with Crippen LogP contribution in [-0.2, 0) is 14.3 Å². The standard InChI is InChI=1S/C22H22N4O4S/c1-25(13-20(27)23-15-9-10-15)21(28)14-30-22(29)18-12-17(19-8-5-11-31-19)24-26(18)16-6-3-2-4-7-16/h2-8,11-12,15H,9-10,13-14H2,1H3,(H,23,27). The van der Waals surface area contributed by atoms with Crippen LogP contribution < -0.4 is 5.32 Å². The topological polar surface area (TPSA) is 93.5 Å². The predicted molar refractivity (Wildman–Crippen MR) is 116 cm³/mol. The van der Waals surface area contributed by atoms with Gasteiger partial charge in [0, 0.05) is 19.2 Å². The van der Waals surface area contributed by atoms with Crippen LogP contribution >= 0.6 is 11.3 Å². The fourth-order valence-corrected chi connectivity index (χ4v) is 3.63. The van der Waals surface area contributed by atoms with Crippen molar-refractivity contribution in [1.29, 1.82) is 0 Å². The van der Waals surface area contributed by atoms with Crippen molar-refractivity contribution in [2.24, 2.45) is 0 Å². The van der Waals surface area contributed by atoms with Gasteiger partial charge in [0.15, 0.2) is 12.3 Å². The van der Waals surface area contributed by atoms with Gasteiger partial charge in [0.1, 0.15) is 5.69 Å². The minimum Gasteiger partial charge on any atom is -0.451 e. The van der Waals surface area contributed by atoms with E-state index in [2.05, 4.69) is 10.4 Å². The molecule has 1 aliphatic carbocycles. The van der Waals surface area contributed by atoms with Gasteiger partial charge in [-0.1, -0.05) is 24.3 Å². The van der Waals surface area contributed by atoms with Crippen LogP contribution in [0, 0.1) is 0 Å². The van der Waals surface area contributed by atoms with Gasteiger partial charge in [-0.25, -0.2) is 9.48 Å². The molecule has 0 saturated heterocycles. The summed E-state index contributed by atoms with van der Waals surface area (Å²) in [6, 6.07) is 14.9. The quantitative estimate of drug-likeness (QED) is 0.546. The second-order valence-corrected chi connectivity index (χ2v) is 8.25. The highest BCUT2D eigenvalue weighted by Crippen LogP contribution is 2.26. The molecule has 4 rings (SSSR count). The minimum atomic E-state index is -0.664. The van der Waals surface area contributed by atoms with Gasteiger partial charge in [-0.05, 0) is 36.4 Å². The number of benzene rings is 1. The zero-order valence-corrected chi connectivity index (χ0v) is 17.8. The molecule has 1 fully saturated rings. The Bertz CT molecular complexity index is 1070. The van der Waals surface area contributed by atoms with Gasteiger partial charge in [-0.3, -0.25) is 9.59 Å². The van der Waals surface area contributed by atoms with Crippen molar-refractivity contribution in [2.45, 2.75) is 18.9 Å². The molecule has 1 aromatic carbocycles. The van der Waals surface area contributed by atoms with Crippen LogP contribution in [-0.4, -0.2) is 58.7 Å². The number of esters is 1. The Balaban J connectivity index is 1.44. The van der Waals surface area contributed by atoms with Crippen molar-refractivity contribution in [3.8, 4) is 16.3 Å². The summed E-state index contributed by atoms with van der Waals surface area (Å²) >= 11 is 1.51. The van der Waals surface area contributed by atoms with Crippen molar-refractivity contribution < 1.29 is 19.1 Å². The van der Waals surface area contributed by atoms with Crippen LogP contribution in [0.3, 0.4) is 0 Å². The Morgan fingerprint density at radius 3 is 2.65 bits per heavy atom. The van der Waals surface area contributed by atoms with Crippen molar-refractivity contribution in [2.75, 3.05) is 20.2 Å². The zero-order chi connectivity index (χ0) is 21.8. The molecule has 1 saturated carbocycles. The second-order valence-electron chi connectivity index (χ2n) is 7.31. The highest BCUT2D eigenvalue weighted by molar-refractivity contribution is 7.13. The van der Waals surface area contributed by atoms with Gasteiger partial charge in [-0.2, -0.15) is 5.10 Å². The molecule has 0 radical (unpaired) electrons. The molecule has 0 unspecified atom stereocenters. The van der Waals surface area contributed by atoms with Crippen molar-refractivity contribution in [3.63, 3.8) is 0 Å². The van der Waals surface area contributed by atoms with Gasteiger partial charge in [0.25, 0.3) is 5.91 Å². The molecule has 9 heteroatoms. The highest BCUT2D eigenvalue weighted by Gasteiger charge is 2.25. The lowest BCUT2D eigenvalue weighted by molar-refractivity contribution is -0.137. The number of ether oxygens (including phenoxy) is 1. The van der Waals surface area contributed by atoms with E-state index in [-0.39, 0.29) is 24.2 Å². The maximum atomic E-state index is 12.8. The molecule has 0 aliphatic heterocycles. The van der Waals surface area contributed by atoms with Crippen LogP contribution in [0.5, 0.6) is 0 Å². The van der Waals surface area contributed by atoms with E-state index >= 15 is 0 Å². The monoisotopic (exact) mass is 438 g/mol. The molecule has 2 amide bonds. The molecule has 1 N–H and O–H groups in total. The summed E-state index contributed by atoms with van der Waals surface area (Å²) in [5.41, 5.74) is 1.57. The van der Waals surface area contributed by atoms with Crippen LogP contribution in [0.4, 0.5) is 0 Å².